The quantitative estimate of drug-likeness (QED) is 0.743. The van der Waals surface area contributed by atoms with E-state index >= 15 is 0 Å². The second-order valence-corrected chi connectivity index (χ2v) is 4.11. The topological polar surface area (TPSA) is 78.3 Å². The van der Waals surface area contributed by atoms with Crippen molar-refractivity contribution >= 4 is 11.6 Å². The average Bonchev–Trinajstić information content (AvgIpc) is 2.32. The van der Waals surface area contributed by atoms with Crippen molar-refractivity contribution in [2.75, 3.05) is 12.3 Å². The molecule has 1 aromatic rings. The maximum atomic E-state index is 11.0. The van der Waals surface area contributed by atoms with Crippen molar-refractivity contribution < 1.29 is 9.53 Å². The molecule has 0 aliphatic rings. The van der Waals surface area contributed by atoms with E-state index in [1.165, 1.54) is 0 Å². The first-order chi connectivity index (χ1) is 8.08. The van der Waals surface area contributed by atoms with Gasteiger partial charge in [-0.2, -0.15) is 0 Å². The SMILES string of the molecule is CCC(CC)COc1cc(C(N)=O)ccc1N. The molecule has 0 saturated heterocycles. The standard InChI is InChI=1S/C13H20N2O2/c1-3-9(4-2)8-17-12-7-10(13(15)16)5-6-11(12)14/h5-7,9H,3-4,8,14H2,1-2H3,(H2,15,16). The van der Waals surface area contributed by atoms with Crippen LogP contribution >= 0.6 is 0 Å². The molecule has 0 aliphatic carbocycles. The van der Waals surface area contributed by atoms with Gasteiger partial charge in [0.2, 0.25) is 5.91 Å². The number of carbonyl (C=O) groups is 1. The molecular formula is C13H20N2O2. The van der Waals surface area contributed by atoms with Gasteiger partial charge in [-0.05, 0) is 24.1 Å². The van der Waals surface area contributed by atoms with E-state index in [9.17, 15) is 4.79 Å². The first kappa shape index (κ1) is 13.4. The zero-order valence-electron chi connectivity index (χ0n) is 10.4. The normalized spacial score (nSPS) is 10.5. The lowest BCUT2D eigenvalue weighted by atomic mass is 10.1. The van der Waals surface area contributed by atoms with E-state index in [0.29, 0.717) is 29.5 Å². The van der Waals surface area contributed by atoms with Crippen molar-refractivity contribution in [1.82, 2.24) is 0 Å². The van der Waals surface area contributed by atoms with E-state index in [2.05, 4.69) is 13.8 Å². The monoisotopic (exact) mass is 236 g/mol. The van der Waals surface area contributed by atoms with E-state index in [1.807, 2.05) is 0 Å². The van der Waals surface area contributed by atoms with Crippen LogP contribution in [0, 0.1) is 5.92 Å². The number of hydrogen-bond acceptors (Lipinski definition) is 3. The Balaban J connectivity index is 2.75. The summed E-state index contributed by atoms with van der Waals surface area (Å²) in [6.45, 7) is 4.86. The summed E-state index contributed by atoms with van der Waals surface area (Å²) in [7, 11) is 0. The van der Waals surface area contributed by atoms with Crippen LogP contribution in [-0.4, -0.2) is 12.5 Å². The number of amides is 1. The van der Waals surface area contributed by atoms with Gasteiger partial charge in [-0.1, -0.05) is 26.7 Å². The summed E-state index contributed by atoms with van der Waals surface area (Å²) in [5.41, 5.74) is 11.9. The smallest absolute Gasteiger partial charge is 0.248 e. The summed E-state index contributed by atoms with van der Waals surface area (Å²) in [5.74, 6) is 0.567. The van der Waals surface area contributed by atoms with E-state index in [-0.39, 0.29) is 0 Å². The van der Waals surface area contributed by atoms with E-state index < -0.39 is 5.91 Å². The largest absolute Gasteiger partial charge is 0.491 e. The number of hydrogen-bond donors (Lipinski definition) is 2. The lowest BCUT2D eigenvalue weighted by Crippen LogP contribution is -2.13. The summed E-state index contributed by atoms with van der Waals surface area (Å²) < 4.78 is 5.64. The van der Waals surface area contributed by atoms with Gasteiger partial charge in [0.25, 0.3) is 0 Å². The van der Waals surface area contributed by atoms with Gasteiger partial charge in [-0.15, -0.1) is 0 Å². The number of ether oxygens (including phenoxy) is 1. The molecule has 0 atom stereocenters. The Morgan fingerprint density at radius 2 is 2.00 bits per heavy atom. The molecular weight excluding hydrogens is 216 g/mol. The second kappa shape index (κ2) is 6.13. The number of nitrogens with two attached hydrogens (primary N) is 2. The molecule has 4 N–H and O–H groups in total. The van der Waals surface area contributed by atoms with Gasteiger partial charge in [0, 0.05) is 5.56 Å². The Kier molecular flexibility index (Phi) is 4.82. The van der Waals surface area contributed by atoms with Crippen molar-refractivity contribution in [1.29, 1.82) is 0 Å². The highest BCUT2D eigenvalue weighted by Gasteiger charge is 2.09. The molecule has 0 aromatic heterocycles. The van der Waals surface area contributed by atoms with Crippen LogP contribution < -0.4 is 16.2 Å². The fraction of sp³-hybridized carbons (Fsp3) is 0.462. The van der Waals surface area contributed by atoms with Crippen molar-refractivity contribution in [2.45, 2.75) is 26.7 Å². The third kappa shape index (κ3) is 3.66. The Morgan fingerprint density at radius 1 is 1.35 bits per heavy atom. The van der Waals surface area contributed by atoms with Crippen LogP contribution in [0.4, 0.5) is 5.69 Å². The maximum absolute atomic E-state index is 11.0. The highest BCUT2D eigenvalue weighted by Crippen LogP contribution is 2.23. The summed E-state index contributed by atoms with van der Waals surface area (Å²) >= 11 is 0. The van der Waals surface area contributed by atoms with Crippen molar-refractivity contribution in [3.8, 4) is 5.75 Å². The Morgan fingerprint density at radius 3 is 2.53 bits per heavy atom. The molecule has 0 spiro atoms. The summed E-state index contributed by atoms with van der Waals surface area (Å²) in [5, 5.41) is 0. The van der Waals surface area contributed by atoms with Crippen LogP contribution in [0.2, 0.25) is 0 Å². The number of benzene rings is 1. The van der Waals surface area contributed by atoms with E-state index in [1.54, 1.807) is 18.2 Å². The van der Waals surface area contributed by atoms with Gasteiger partial charge < -0.3 is 16.2 Å². The Labute approximate surface area is 102 Å². The summed E-state index contributed by atoms with van der Waals surface area (Å²) in [4.78, 5) is 11.0. The van der Waals surface area contributed by atoms with E-state index in [4.69, 9.17) is 16.2 Å². The van der Waals surface area contributed by atoms with Crippen molar-refractivity contribution in [3.63, 3.8) is 0 Å². The zero-order chi connectivity index (χ0) is 12.8. The molecule has 94 valence electrons. The van der Waals surface area contributed by atoms with Gasteiger partial charge in [-0.3, -0.25) is 4.79 Å². The molecule has 0 bridgehead atoms. The third-order valence-electron chi connectivity index (χ3n) is 2.93. The van der Waals surface area contributed by atoms with Gasteiger partial charge in [-0.25, -0.2) is 0 Å². The van der Waals surface area contributed by atoms with Gasteiger partial charge in [0.15, 0.2) is 0 Å². The number of carbonyl (C=O) groups excluding carboxylic acids is 1. The van der Waals surface area contributed by atoms with Gasteiger partial charge in [0.05, 0.1) is 12.3 Å². The fourth-order valence-electron chi connectivity index (χ4n) is 1.54. The van der Waals surface area contributed by atoms with Crippen LogP contribution in [0.15, 0.2) is 18.2 Å². The molecule has 4 heteroatoms. The summed E-state index contributed by atoms with van der Waals surface area (Å²) in [6, 6.07) is 4.84. The summed E-state index contributed by atoms with van der Waals surface area (Å²) in [6.07, 6.45) is 2.12. The van der Waals surface area contributed by atoms with Crippen LogP contribution in [-0.2, 0) is 0 Å². The minimum absolute atomic E-state index is 0.416. The first-order valence-corrected chi connectivity index (χ1v) is 5.90. The first-order valence-electron chi connectivity index (χ1n) is 5.90. The molecule has 0 saturated carbocycles. The van der Waals surface area contributed by atoms with Crippen LogP contribution in [0.3, 0.4) is 0 Å². The maximum Gasteiger partial charge on any atom is 0.248 e. The van der Waals surface area contributed by atoms with Crippen molar-refractivity contribution in [3.05, 3.63) is 23.8 Å². The van der Waals surface area contributed by atoms with Crippen molar-refractivity contribution in [2.24, 2.45) is 11.7 Å². The number of rotatable bonds is 6. The highest BCUT2D eigenvalue weighted by molar-refractivity contribution is 5.93. The molecule has 0 aliphatic heterocycles. The third-order valence-corrected chi connectivity index (χ3v) is 2.93. The molecule has 0 fully saturated rings. The van der Waals surface area contributed by atoms with Gasteiger partial charge >= 0.3 is 0 Å². The predicted octanol–water partition coefficient (Wildman–Crippen LogP) is 2.18. The molecule has 0 radical (unpaired) electrons. The van der Waals surface area contributed by atoms with Crippen LogP contribution in [0.1, 0.15) is 37.0 Å². The molecule has 17 heavy (non-hydrogen) atoms. The molecule has 1 amide bonds. The van der Waals surface area contributed by atoms with Crippen LogP contribution in [0.5, 0.6) is 5.75 Å². The predicted molar refractivity (Wildman–Crippen MR) is 68.9 cm³/mol. The average molecular weight is 236 g/mol. The highest BCUT2D eigenvalue weighted by atomic mass is 16.5. The lowest BCUT2D eigenvalue weighted by molar-refractivity contribution is 0.1000. The minimum Gasteiger partial charge on any atom is -0.491 e. The molecule has 1 aromatic carbocycles. The Bertz CT molecular complexity index is 387. The fourth-order valence-corrected chi connectivity index (χ4v) is 1.54. The number of anilines is 1. The Hall–Kier alpha value is -1.71. The molecule has 0 unspecified atom stereocenters. The lowest BCUT2D eigenvalue weighted by Gasteiger charge is -2.15. The van der Waals surface area contributed by atoms with Gasteiger partial charge in [0.1, 0.15) is 5.75 Å². The molecule has 0 heterocycles. The zero-order valence-corrected chi connectivity index (χ0v) is 10.4. The van der Waals surface area contributed by atoms with E-state index in [0.717, 1.165) is 12.8 Å². The number of nitrogen functional groups attached to an aromatic ring is 1. The minimum atomic E-state index is -0.475. The molecule has 1 rings (SSSR count). The molecule has 4 nitrogen and oxygen atoms in total. The number of primary amides is 1. The second-order valence-electron chi connectivity index (χ2n) is 4.11. The van der Waals surface area contributed by atoms with Crippen LogP contribution in [0.25, 0.3) is 0 Å².